The molecular formula is C24H40BrNO. The standard InChI is InChI=1S/C24H40BrNO/c1-3-4-5-6-7-8-9-10-11-12-13-14-15-16-19-26-24(27)22-20-21(2)17-18-23(22)25/h17-18,20H,3-16,19H2,1-2H3,(H,26,27). The topological polar surface area (TPSA) is 29.1 Å². The number of carbonyl (C=O) groups is 1. The van der Waals surface area contributed by atoms with E-state index in [2.05, 4.69) is 28.2 Å². The van der Waals surface area contributed by atoms with Crippen molar-refractivity contribution in [3.05, 3.63) is 33.8 Å². The predicted octanol–water partition coefficient (Wildman–Crippen LogP) is 7.97. The van der Waals surface area contributed by atoms with Crippen molar-refractivity contribution >= 4 is 21.8 Å². The van der Waals surface area contributed by atoms with E-state index in [0.29, 0.717) is 0 Å². The fourth-order valence-electron chi connectivity index (χ4n) is 3.43. The second-order valence-corrected chi connectivity index (χ2v) is 8.69. The Morgan fingerprint density at radius 2 is 1.30 bits per heavy atom. The minimum absolute atomic E-state index is 0.0280. The number of hydrogen-bond donors (Lipinski definition) is 1. The molecule has 154 valence electrons. The molecule has 1 aromatic rings. The SMILES string of the molecule is CCCCCCCCCCCCCCCCNC(=O)c1cc(C)ccc1Br. The van der Waals surface area contributed by atoms with Crippen LogP contribution in [0.25, 0.3) is 0 Å². The summed E-state index contributed by atoms with van der Waals surface area (Å²) in [6.45, 7) is 5.06. The van der Waals surface area contributed by atoms with Gasteiger partial charge in [-0.25, -0.2) is 0 Å². The van der Waals surface area contributed by atoms with E-state index in [-0.39, 0.29) is 5.91 Å². The van der Waals surface area contributed by atoms with Crippen LogP contribution in [0.5, 0.6) is 0 Å². The van der Waals surface area contributed by atoms with Gasteiger partial charge in [0.25, 0.3) is 5.91 Å². The predicted molar refractivity (Wildman–Crippen MR) is 122 cm³/mol. The van der Waals surface area contributed by atoms with Gasteiger partial charge in [0, 0.05) is 11.0 Å². The van der Waals surface area contributed by atoms with Gasteiger partial charge < -0.3 is 5.32 Å². The highest BCUT2D eigenvalue weighted by Gasteiger charge is 2.09. The van der Waals surface area contributed by atoms with Crippen molar-refractivity contribution in [1.29, 1.82) is 0 Å². The first-order chi connectivity index (χ1) is 13.1. The van der Waals surface area contributed by atoms with Crippen molar-refractivity contribution in [3.8, 4) is 0 Å². The lowest BCUT2D eigenvalue weighted by atomic mass is 10.0. The lowest BCUT2D eigenvalue weighted by molar-refractivity contribution is 0.0952. The molecular weight excluding hydrogens is 398 g/mol. The summed E-state index contributed by atoms with van der Waals surface area (Å²) in [7, 11) is 0. The molecule has 0 spiro atoms. The van der Waals surface area contributed by atoms with E-state index in [1.165, 1.54) is 83.5 Å². The molecule has 0 bridgehead atoms. The summed E-state index contributed by atoms with van der Waals surface area (Å²) in [6.07, 6.45) is 19.0. The number of benzene rings is 1. The van der Waals surface area contributed by atoms with Gasteiger partial charge in [-0.05, 0) is 41.4 Å². The molecule has 0 aliphatic heterocycles. The third kappa shape index (κ3) is 12.3. The highest BCUT2D eigenvalue weighted by Crippen LogP contribution is 2.18. The van der Waals surface area contributed by atoms with Crippen molar-refractivity contribution in [2.24, 2.45) is 0 Å². The third-order valence-electron chi connectivity index (χ3n) is 5.18. The normalized spacial score (nSPS) is 10.9. The van der Waals surface area contributed by atoms with Gasteiger partial charge in [0.05, 0.1) is 5.56 Å². The van der Waals surface area contributed by atoms with E-state index < -0.39 is 0 Å². The van der Waals surface area contributed by atoms with Gasteiger partial charge in [-0.15, -0.1) is 0 Å². The largest absolute Gasteiger partial charge is 0.352 e. The van der Waals surface area contributed by atoms with Crippen LogP contribution in [0.2, 0.25) is 0 Å². The zero-order valence-electron chi connectivity index (χ0n) is 17.6. The van der Waals surface area contributed by atoms with E-state index in [9.17, 15) is 4.79 Å². The summed E-state index contributed by atoms with van der Waals surface area (Å²) in [5.74, 6) is 0.0280. The molecule has 3 heteroatoms. The zero-order valence-corrected chi connectivity index (χ0v) is 19.2. The van der Waals surface area contributed by atoms with E-state index in [0.717, 1.165) is 28.6 Å². The van der Waals surface area contributed by atoms with Crippen LogP contribution in [0.1, 0.15) is 113 Å². The molecule has 1 amide bonds. The molecule has 0 atom stereocenters. The van der Waals surface area contributed by atoms with Crippen molar-refractivity contribution in [2.45, 2.75) is 104 Å². The Hall–Kier alpha value is -0.830. The molecule has 1 rings (SSSR count). The number of amides is 1. The van der Waals surface area contributed by atoms with E-state index in [4.69, 9.17) is 0 Å². The van der Waals surface area contributed by atoms with E-state index >= 15 is 0 Å². The van der Waals surface area contributed by atoms with Gasteiger partial charge in [-0.1, -0.05) is 102 Å². The Bertz CT molecular complexity index is 515. The van der Waals surface area contributed by atoms with Gasteiger partial charge in [0.1, 0.15) is 0 Å². The van der Waals surface area contributed by atoms with E-state index in [1.54, 1.807) is 0 Å². The number of halogens is 1. The average Bonchev–Trinajstić information content (AvgIpc) is 2.66. The molecule has 0 heterocycles. The molecule has 0 saturated carbocycles. The first-order valence-electron chi connectivity index (χ1n) is 11.2. The molecule has 0 aliphatic rings. The molecule has 2 nitrogen and oxygen atoms in total. The minimum Gasteiger partial charge on any atom is -0.352 e. The maximum absolute atomic E-state index is 12.2. The fraction of sp³-hybridized carbons (Fsp3) is 0.708. The Kier molecular flexibility index (Phi) is 14.5. The third-order valence-corrected chi connectivity index (χ3v) is 5.87. The van der Waals surface area contributed by atoms with Crippen LogP contribution in [0.3, 0.4) is 0 Å². The number of hydrogen-bond acceptors (Lipinski definition) is 1. The average molecular weight is 438 g/mol. The lowest BCUT2D eigenvalue weighted by Crippen LogP contribution is -2.24. The second kappa shape index (κ2) is 16.2. The van der Waals surface area contributed by atoms with Gasteiger partial charge in [-0.3, -0.25) is 4.79 Å². The van der Waals surface area contributed by atoms with Crippen LogP contribution in [-0.2, 0) is 0 Å². The summed E-state index contributed by atoms with van der Waals surface area (Å²) >= 11 is 3.46. The molecule has 0 unspecified atom stereocenters. The van der Waals surface area contributed by atoms with Gasteiger partial charge in [-0.2, -0.15) is 0 Å². The molecule has 1 N–H and O–H groups in total. The number of rotatable bonds is 16. The molecule has 0 fully saturated rings. The molecule has 0 aliphatic carbocycles. The number of unbranched alkanes of at least 4 members (excludes halogenated alkanes) is 13. The monoisotopic (exact) mass is 437 g/mol. The summed E-state index contributed by atoms with van der Waals surface area (Å²) in [4.78, 5) is 12.2. The van der Waals surface area contributed by atoms with Crippen LogP contribution in [0.4, 0.5) is 0 Å². The smallest absolute Gasteiger partial charge is 0.252 e. The van der Waals surface area contributed by atoms with E-state index in [1.807, 2.05) is 25.1 Å². The molecule has 0 saturated heterocycles. The summed E-state index contributed by atoms with van der Waals surface area (Å²) in [6, 6.07) is 5.88. The second-order valence-electron chi connectivity index (χ2n) is 7.84. The van der Waals surface area contributed by atoms with Crippen LogP contribution >= 0.6 is 15.9 Å². The van der Waals surface area contributed by atoms with Crippen molar-refractivity contribution in [1.82, 2.24) is 5.32 Å². The highest BCUT2D eigenvalue weighted by atomic mass is 79.9. The number of aryl methyl sites for hydroxylation is 1. The molecule has 0 aromatic heterocycles. The Balaban J connectivity index is 1.89. The Morgan fingerprint density at radius 1 is 0.815 bits per heavy atom. The number of nitrogens with one attached hydrogen (secondary N) is 1. The minimum atomic E-state index is 0.0280. The first-order valence-corrected chi connectivity index (χ1v) is 12.0. The van der Waals surface area contributed by atoms with Crippen LogP contribution in [0, 0.1) is 6.92 Å². The molecule has 0 radical (unpaired) electrons. The quantitative estimate of drug-likeness (QED) is 0.261. The Morgan fingerprint density at radius 3 is 1.81 bits per heavy atom. The van der Waals surface area contributed by atoms with Crippen molar-refractivity contribution in [3.63, 3.8) is 0 Å². The van der Waals surface area contributed by atoms with Gasteiger partial charge in [0.2, 0.25) is 0 Å². The maximum Gasteiger partial charge on any atom is 0.252 e. The van der Waals surface area contributed by atoms with Gasteiger partial charge >= 0.3 is 0 Å². The summed E-state index contributed by atoms with van der Waals surface area (Å²) < 4.78 is 0.867. The first kappa shape index (κ1) is 24.2. The number of carbonyl (C=O) groups excluding carboxylic acids is 1. The van der Waals surface area contributed by atoms with Crippen molar-refractivity contribution < 1.29 is 4.79 Å². The summed E-state index contributed by atoms with van der Waals surface area (Å²) in [5.41, 5.74) is 1.85. The maximum atomic E-state index is 12.2. The highest BCUT2D eigenvalue weighted by molar-refractivity contribution is 9.10. The van der Waals surface area contributed by atoms with Crippen LogP contribution in [0.15, 0.2) is 22.7 Å². The Labute approximate surface area is 176 Å². The summed E-state index contributed by atoms with van der Waals surface area (Å²) in [5, 5.41) is 3.04. The van der Waals surface area contributed by atoms with Crippen LogP contribution < -0.4 is 5.32 Å². The fourth-order valence-corrected chi connectivity index (χ4v) is 3.86. The zero-order chi connectivity index (χ0) is 19.7. The van der Waals surface area contributed by atoms with Crippen LogP contribution in [-0.4, -0.2) is 12.5 Å². The molecule has 27 heavy (non-hydrogen) atoms. The lowest BCUT2D eigenvalue weighted by Gasteiger charge is -2.08. The van der Waals surface area contributed by atoms with Crippen molar-refractivity contribution in [2.75, 3.05) is 6.54 Å². The molecule has 1 aromatic carbocycles. The van der Waals surface area contributed by atoms with Gasteiger partial charge in [0.15, 0.2) is 0 Å².